The molecule has 2 amide bonds. The third-order valence-corrected chi connectivity index (χ3v) is 6.42. The summed E-state index contributed by atoms with van der Waals surface area (Å²) in [7, 11) is 0. The van der Waals surface area contributed by atoms with Gasteiger partial charge in [-0.1, -0.05) is 41.9 Å². The SMILES string of the molecule is O=C(N/N=C1\S/C(=C\c2ccc(F)cc2)C(=O)N1c1ccc(Cl)cc1)c1cc2ccccc2oc1=O. The van der Waals surface area contributed by atoms with Crippen LogP contribution in [0.3, 0.4) is 0 Å². The number of benzene rings is 3. The highest BCUT2D eigenvalue weighted by Crippen LogP contribution is 2.36. The molecule has 1 aliphatic heterocycles. The molecule has 10 heteroatoms. The molecule has 1 aliphatic rings. The number of fused-ring (bicyclic) bond motifs is 1. The van der Waals surface area contributed by atoms with Crippen LogP contribution < -0.4 is 16.0 Å². The van der Waals surface area contributed by atoms with Gasteiger partial charge in [-0.15, -0.1) is 5.10 Å². The molecule has 0 atom stereocenters. The third-order valence-electron chi connectivity index (χ3n) is 5.20. The lowest BCUT2D eigenvalue weighted by molar-refractivity contribution is -0.113. The van der Waals surface area contributed by atoms with E-state index < -0.39 is 23.3 Å². The number of anilines is 1. The lowest BCUT2D eigenvalue weighted by Crippen LogP contribution is -2.32. The zero-order chi connectivity index (χ0) is 25.2. The second kappa shape index (κ2) is 9.80. The van der Waals surface area contributed by atoms with Gasteiger partial charge in [-0.25, -0.2) is 14.6 Å². The van der Waals surface area contributed by atoms with E-state index in [1.54, 1.807) is 66.7 Å². The molecular weight excluding hydrogens is 505 g/mol. The molecule has 7 nitrogen and oxygen atoms in total. The van der Waals surface area contributed by atoms with Crippen molar-refractivity contribution in [2.75, 3.05) is 4.90 Å². The molecule has 4 aromatic rings. The van der Waals surface area contributed by atoms with E-state index in [0.29, 0.717) is 32.1 Å². The fourth-order valence-corrected chi connectivity index (χ4v) is 4.52. The lowest BCUT2D eigenvalue weighted by Gasteiger charge is -2.15. The smallest absolute Gasteiger partial charge is 0.349 e. The minimum Gasteiger partial charge on any atom is -0.422 e. The molecule has 1 fully saturated rings. The number of halogens is 2. The summed E-state index contributed by atoms with van der Waals surface area (Å²) in [5.41, 5.74) is 2.74. The van der Waals surface area contributed by atoms with Crippen LogP contribution in [0, 0.1) is 5.82 Å². The first-order valence-corrected chi connectivity index (χ1v) is 11.7. The largest absolute Gasteiger partial charge is 0.422 e. The molecule has 178 valence electrons. The maximum Gasteiger partial charge on any atom is 0.349 e. The van der Waals surface area contributed by atoms with Gasteiger partial charge in [0.15, 0.2) is 5.17 Å². The zero-order valence-electron chi connectivity index (χ0n) is 18.3. The van der Waals surface area contributed by atoms with Crippen molar-refractivity contribution in [2.45, 2.75) is 0 Å². The Morgan fingerprint density at radius 1 is 1.03 bits per heavy atom. The Bertz CT molecular complexity index is 1620. The quantitative estimate of drug-likeness (QED) is 0.221. The van der Waals surface area contributed by atoms with E-state index in [1.165, 1.54) is 23.1 Å². The third kappa shape index (κ3) is 4.79. The highest BCUT2D eigenvalue weighted by molar-refractivity contribution is 8.19. The van der Waals surface area contributed by atoms with Crippen molar-refractivity contribution in [3.63, 3.8) is 0 Å². The molecule has 0 unspecified atom stereocenters. The van der Waals surface area contributed by atoms with Crippen LogP contribution in [-0.4, -0.2) is 17.0 Å². The Labute approximate surface area is 212 Å². The number of thioether (sulfide) groups is 1. The van der Waals surface area contributed by atoms with Crippen molar-refractivity contribution in [2.24, 2.45) is 5.10 Å². The van der Waals surface area contributed by atoms with E-state index in [1.807, 2.05) is 0 Å². The summed E-state index contributed by atoms with van der Waals surface area (Å²) in [5, 5.41) is 5.33. The second-order valence-corrected chi connectivity index (χ2v) is 9.05. The number of hydrogen-bond acceptors (Lipinski definition) is 6. The Morgan fingerprint density at radius 2 is 1.75 bits per heavy atom. The molecule has 2 heterocycles. The van der Waals surface area contributed by atoms with Crippen LogP contribution in [0.15, 0.2) is 98.1 Å². The lowest BCUT2D eigenvalue weighted by atomic mass is 10.2. The standard InChI is InChI=1S/C26H15ClFN3O4S/c27-17-7-11-19(12-8-17)31-24(33)22(13-15-5-9-18(28)10-6-15)36-26(31)30-29-23(32)20-14-16-3-1-2-4-21(16)35-25(20)34/h1-14H,(H,29,32)/b22-13-,30-26-. The predicted octanol–water partition coefficient (Wildman–Crippen LogP) is 5.41. The first-order chi connectivity index (χ1) is 17.4. The fourth-order valence-electron chi connectivity index (χ4n) is 3.46. The molecular formula is C26H15ClFN3O4S. The summed E-state index contributed by atoms with van der Waals surface area (Å²) in [6.07, 6.45) is 1.59. The van der Waals surface area contributed by atoms with Gasteiger partial charge in [-0.05, 0) is 71.9 Å². The van der Waals surface area contributed by atoms with Crippen molar-refractivity contribution >= 4 is 63.1 Å². The molecule has 0 aliphatic carbocycles. The van der Waals surface area contributed by atoms with E-state index >= 15 is 0 Å². The van der Waals surface area contributed by atoms with Crippen LogP contribution in [0.25, 0.3) is 17.0 Å². The average Bonchev–Trinajstić information content (AvgIpc) is 3.18. The number of para-hydroxylation sites is 1. The summed E-state index contributed by atoms with van der Waals surface area (Å²) < 4.78 is 18.5. The van der Waals surface area contributed by atoms with Gasteiger partial charge in [0.25, 0.3) is 11.8 Å². The van der Waals surface area contributed by atoms with E-state index in [4.69, 9.17) is 16.0 Å². The summed E-state index contributed by atoms with van der Waals surface area (Å²) in [5.74, 6) is -1.58. The van der Waals surface area contributed by atoms with Crippen LogP contribution in [0.4, 0.5) is 10.1 Å². The summed E-state index contributed by atoms with van der Waals surface area (Å²) in [6, 6.07) is 20.4. The van der Waals surface area contributed by atoms with Gasteiger partial charge in [-0.3, -0.25) is 14.5 Å². The Morgan fingerprint density at radius 3 is 2.50 bits per heavy atom. The summed E-state index contributed by atoms with van der Waals surface area (Å²) in [4.78, 5) is 40.0. The fraction of sp³-hybridized carbons (Fsp3) is 0. The molecule has 0 saturated carbocycles. The van der Waals surface area contributed by atoms with Crippen molar-refractivity contribution < 1.29 is 18.4 Å². The number of nitrogens with zero attached hydrogens (tertiary/aromatic N) is 2. The van der Waals surface area contributed by atoms with Gasteiger partial charge >= 0.3 is 5.63 Å². The number of hydrazone groups is 1. The topological polar surface area (TPSA) is 92.0 Å². The molecule has 1 N–H and O–H groups in total. The van der Waals surface area contributed by atoms with Gasteiger partial charge in [-0.2, -0.15) is 0 Å². The number of hydrogen-bond donors (Lipinski definition) is 1. The van der Waals surface area contributed by atoms with Gasteiger partial charge in [0.05, 0.1) is 10.6 Å². The van der Waals surface area contributed by atoms with Crippen LogP contribution in [0.5, 0.6) is 0 Å². The minimum absolute atomic E-state index is 0.147. The van der Waals surface area contributed by atoms with E-state index in [9.17, 15) is 18.8 Å². The highest BCUT2D eigenvalue weighted by atomic mass is 35.5. The maximum absolute atomic E-state index is 13.3. The first kappa shape index (κ1) is 23.5. The number of carbonyl (C=O) groups excluding carboxylic acids is 2. The van der Waals surface area contributed by atoms with E-state index in [2.05, 4.69) is 10.5 Å². The summed E-state index contributed by atoms with van der Waals surface area (Å²) in [6.45, 7) is 0. The van der Waals surface area contributed by atoms with Crippen molar-refractivity contribution in [1.82, 2.24) is 5.43 Å². The molecule has 1 aromatic heterocycles. The Hall–Kier alpha value is -4.21. The number of amides is 2. The van der Waals surface area contributed by atoms with Crippen molar-refractivity contribution in [3.05, 3.63) is 116 Å². The van der Waals surface area contributed by atoms with Gasteiger partial charge in [0, 0.05) is 10.4 Å². The van der Waals surface area contributed by atoms with Crippen LogP contribution in [0.1, 0.15) is 15.9 Å². The van der Waals surface area contributed by atoms with E-state index in [-0.39, 0.29) is 10.7 Å². The number of rotatable bonds is 4. The monoisotopic (exact) mass is 519 g/mol. The van der Waals surface area contributed by atoms with Crippen molar-refractivity contribution in [1.29, 1.82) is 0 Å². The number of nitrogens with one attached hydrogen (secondary N) is 1. The molecule has 1 saturated heterocycles. The molecule has 0 bridgehead atoms. The summed E-state index contributed by atoms with van der Waals surface area (Å²) >= 11 is 7.00. The van der Waals surface area contributed by atoms with Gasteiger partial charge in [0.1, 0.15) is 17.0 Å². The van der Waals surface area contributed by atoms with Crippen molar-refractivity contribution in [3.8, 4) is 0 Å². The van der Waals surface area contributed by atoms with Gasteiger partial charge < -0.3 is 4.42 Å². The first-order valence-electron chi connectivity index (χ1n) is 10.5. The van der Waals surface area contributed by atoms with Crippen LogP contribution in [0.2, 0.25) is 5.02 Å². The Balaban J connectivity index is 1.48. The highest BCUT2D eigenvalue weighted by Gasteiger charge is 2.35. The molecule has 5 rings (SSSR count). The minimum atomic E-state index is -0.812. The molecule has 0 spiro atoms. The predicted molar refractivity (Wildman–Crippen MR) is 138 cm³/mol. The molecule has 36 heavy (non-hydrogen) atoms. The number of amidine groups is 1. The zero-order valence-corrected chi connectivity index (χ0v) is 19.8. The van der Waals surface area contributed by atoms with Gasteiger partial charge in [0.2, 0.25) is 0 Å². The second-order valence-electron chi connectivity index (χ2n) is 7.60. The number of carbonyl (C=O) groups is 2. The Kier molecular flexibility index (Phi) is 6.41. The maximum atomic E-state index is 13.3. The molecule has 0 radical (unpaired) electrons. The normalized spacial score (nSPS) is 15.7. The van der Waals surface area contributed by atoms with E-state index in [0.717, 1.165) is 11.8 Å². The van der Waals surface area contributed by atoms with Crippen LogP contribution in [-0.2, 0) is 4.79 Å². The molecule has 3 aromatic carbocycles. The van der Waals surface area contributed by atoms with Crippen LogP contribution >= 0.6 is 23.4 Å². The average molecular weight is 520 g/mol.